The van der Waals surface area contributed by atoms with Crippen LogP contribution in [0.2, 0.25) is 10.0 Å². The lowest BCUT2D eigenvalue weighted by Gasteiger charge is -2.15. The molecule has 0 bridgehead atoms. The highest BCUT2D eigenvalue weighted by atomic mass is 35.5. The topological polar surface area (TPSA) is 67.4 Å². The van der Waals surface area contributed by atoms with Gasteiger partial charge in [-0.1, -0.05) is 49.2 Å². The van der Waals surface area contributed by atoms with Crippen LogP contribution in [0.3, 0.4) is 0 Å². The highest BCUT2D eigenvalue weighted by molar-refractivity contribution is 6.36. The van der Waals surface area contributed by atoms with E-state index < -0.39 is 11.8 Å². The number of hydrogen-bond acceptors (Lipinski definition) is 3. The fourth-order valence-corrected chi connectivity index (χ4v) is 2.78. The molecule has 2 amide bonds. The zero-order chi connectivity index (χ0) is 19.3. The average Bonchev–Trinajstić information content (AvgIpc) is 2.57. The Morgan fingerprint density at radius 2 is 1.81 bits per heavy atom. The summed E-state index contributed by atoms with van der Waals surface area (Å²) in [5.74, 6) is -0.110. The first-order valence-electron chi connectivity index (χ1n) is 8.05. The number of ether oxygens (including phenoxy) is 1. The third-order valence-electron chi connectivity index (χ3n) is 3.64. The maximum atomic E-state index is 12.0. The first-order valence-corrected chi connectivity index (χ1v) is 8.81. The molecular weight excluding hydrogens is 375 g/mol. The zero-order valence-electron chi connectivity index (χ0n) is 14.7. The smallest absolute Gasteiger partial charge is 0.276 e. The molecule has 0 radical (unpaired) electrons. The molecule has 0 heterocycles. The predicted molar refractivity (Wildman–Crippen MR) is 103 cm³/mol. The van der Waals surface area contributed by atoms with Crippen LogP contribution >= 0.6 is 23.2 Å². The molecular formula is C19H20Cl2N2O3. The Morgan fingerprint density at radius 1 is 1.08 bits per heavy atom. The summed E-state index contributed by atoms with van der Waals surface area (Å²) >= 11 is 11.8. The summed E-state index contributed by atoms with van der Waals surface area (Å²) in [7, 11) is 0. The van der Waals surface area contributed by atoms with E-state index >= 15 is 0 Å². The Labute approximate surface area is 162 Å². The van der Waals surface area contributed by atoms with Crippen LogP contribution in [0.1, 0.15) is 41.3 Å². The molecule has 2 aromatic rings. The molecule has 0 spiro atoms. The number of benzene rings is 2. The Balaban J connectivity index is 1.91. The summed E-state index contributed by atoms with van der Waals surface area (Å²) in [6, 6.07) is 10.3. The Morgan fingerprint density at radius 3 is 2.46 bits per heavy atom. The monoisotopic (exact) mass is 394 g/mol. The number of nitrogens with one attached hydrogen (secondary N) is 2. The molecule has 0 unspecified atom stereocenters. The molecule has 5 nitrogen and oxygen atoms in total. The van der Waals surface area contributed by atoms with Gasteiger partial charge in [-0.05, 0) is 48.2 Å². The third-order valence-corrected chi connectivity index (χ3v) is 4.19. The first-order chi connectivity index (χ1) is 12.3. The lowest BCUT2D eigenvalue weighted by Crippen LogP contribution is -2.44. The summed E-state index contributed by atoms with van der Waals surface area (Å²) in [5.41, 5.74) is 6.86. The van der Waals surface area contributed by atoms with Crippen molar-refractivity contribution in [1.82, 2.24) is 10.9 Å². The third kappa shape index (κ3) is 5.38. The van der Waals surface area contributed by atoms with Crippen LogP contribution in [-0.4, -0.2) is 18.4 Å². The van der Waals surface area contributed by atoms with Gasteiger partial charge in [0.25, 0.3) is 11.8 Å². The molecule has 138 valence electrons. The van der Waals surface area contributed by atoms with Crippen LogP contribution in [0.5, 0.6) is 5.75 Å². The number of hydrogen-bond donors (Lipinski definition) is 2. The van der Waals surface area contributed by atoms with Gasteiger partial charge in [0.05, 0.1) is 10.6 Å². The maximum absolute atomic E-state index is 12.0. The summed E-state index contributed by atoms with van der Waals surface area (Å²) in [6.07, 6.45) is 0. The SMILES string of the molecule is Cc1ccc(C(C)C)c(OCC(=O)NNC(=O)c2ccc(Cl)cc2Cl)c1. The second-order valence-corrected chi connectivity index (χ2v) is 6.95. The second-order valence-electron chi connectivity index (χ2n) is 6.11. The van der Waals surface area contributed by atoms with E-state index in [1.54, 1.807) is 6.07 Å². The molecule has 7 heteroatoms. The highest BCUT2D eigenvalue weighted by Crippen LogP contribution is 2.27. The number of aryl methyl sites for hydroxylation is 1. The van der Waals surface area contributed by atoms with Gasteiger partial charge in [-0.2, -0.15) is 0 Å². The Kier molecular flexibility index (Phi) is 6.89. The van der Waals surface area contributed by atoms with Crippen LogP contribution in [-0.2, 0) is 4.79 Å². The number of halogens is 2. The van der Waals surface area contributed by atoms with Crippen molar-refractivity contribution in [3.63, 3.8) is 0 Å². The lowest BCUT2D eigenvalue weighted by atomic mass is 10.0. The first kappa shape index (κ1) is 20.1. The molecule has 0 atom stereocenters. The quantitative estimate of drug-likeness (QED) is 0.744. The minimum absolute atomic E-state index is 0.196. The standard InChI is InChI=1S/C19H20Cl2N2O3/c1-11(2)14-6-4-12(3)8-17(14)26-10-18(24)22-23-19(25)15-7-5-13(20)9-16(15)21/h4-9,11H,10H2,1-3H3,(H,22,24)(H,23,25). The molecule has 2 rings (SSSR count). The molecule has 0 aromatic heterocycles. The Hall–Kier alpha value is -2.24. The zero-order valence-corrected chi connectivity index (χ0v) is 16.2. The van der Waals surface area contributed by atoms with Crippen molar-refractivity contribution in [2.24, 2.45) is 0 Å². The molecule has 0 aliphatic carbocycles. The van der Waals surface area contributed by atoms with Crippen LogP contribution in [0.15, 0.2) is 36.4 Å². The number of hydrazine groups is 1. The fraction of sp³-hybridized carbons (Fsp3) is 0.263. The number of amides is 2. The number of rotatable bonds is 5. The molecule has 26 heavy (non-hydrogen) atoms. The van der Waals surface area contributed by atoms with E-state index in [9.17, 15) is 9.59 Å². The molecule has 0 aliphatic rings. The van der Waals surface area contributed by atoms with Gasteiger partial charge in [0.15, 0.2) is 6.61 Å². The van der Waals surface area contributed by atoms with Crippen molar-refractivity contribution in [2.45, 2.75) is 26.7 Å². The summed E-state index contributed by atoms with van der Waals surface area (Å²) in [6.45, 7) is 5.83. The van der Waals surface area contributed by atoms with E-state index in [2.05, 4.69) is 10.9 Å². The largest absolute Gasteiger partial charge is 0.483 e. The number of carbonyl (C=O) groups is 2. The van der Waals surface area contributed by atoms with Crippen molar-refractivity contribution >= 4 is 35.0 Å². The molecule has 2 N–H and O–H groups in total. The molecule has 0 aliphatic heterocycles. The van der Waals surface area contributed by atoms with Gasteiger partial charge in [-0.15, -0.1) is 0 Å². The van der Waals surface area contributed by atoms with Crippen LogP contribution in [0.4, 0.5) is 0 Å². The van der Waals surface area contributed by atoms with Gasteiger partial charge < -0.3 is 4.74 Å². The van der Waals surface area contributed by atoms with Crippen molar-refractivity contribution in [1.29, 1.82) is 0 Å². The molecule has 0 saturated carbocycles. The Bertz CT molecular complexity index is 822. The second kappa shape index (κ2) is 8.92. The van der Waals surface area contributed by atoms with E-state index in [1.165, 1.54) is 12.1 Å². The highest BCUT2D eigenvalue weighted by Gasteiger charge is 2.13. The van der Waals surface area contributed by atoms with Gasteiger partial charge in [0, 0.05) is 5.02 Å². The molecule has 2 aromatic carbocycles. The van der Waals surface area contributed by atoms with Gasteiger partial charge in [-0.3, -0.25) is 20.4 Å². The van der Waals surface area contributed by atoms with E-state index in [0.717, 1.165) is 11.1 Å². The molecule has 0 saturated heterocycles. The van der Waals surface area contributed by atoms with Crippen molar-refractivity contribution in [3.8, 4) is 5.75 Å². The summed E-state index contributed by atoms with van der Waals surface area (Å²) in [5, 5.41) is 0.616. The minimum atomic E-state index is -0.543. The van der Waals surface area contributed by atoms with Crippen molar-refractivity contribution in [2.75, 3.05) is 6.61 Å². The van der Waals surface area contributed by atoms with Crippen molar-refractivity contribution < 1.29 is 14.3 Å². The van der Waals surface area contributed by atoms with Crippen LogP contribution in [0.25, 0.3) is 0 Å². The lowest BCUT2D eigenvalue weighted by molar-refractivity contribution is -0.123. The van der Waals surface area contributed by atoms with Gasteiger partial charge in [0.1, 0.15) is 5.75 Å². The van der Waals surface area contributed by atoms with Crippen LogP contribution in [0, 0.1) is 6.92 Å². The van der Waals surface area contributed by atoms with Gasteiger partial charge in [0.2, 0.25) is 0 Å². The van der Waals surface area contributed by atoms with E-state index in [-0.39, 0.29) is 23.1 Å². The molecule has 0 fully saturated rings. The maximum Gasteiger partial charge on any atom is 0.276 e. The summed E-state index contributed by atoms with van der Waals surface area (Å²) in [4.78, 5) is 24.0. The van der Waals surface area contributed by atoms with Crippen LogP contribution < -0.4 is 15.6 Å². The fourth-order valence-electron chi connectivity index (χ4n) is 2.29. The van der Waals surface area contributed by atoms with Crippen molar-refractivity contribution in [3.05, 3.63) is 63.1 Å². The predicted octanol–water partition coefficient (Wildman–Crippen LogP) is 4.27. The van der Waals surface area contributed by atoms with E-state index in [0.29, 0.717) is 10.8 Å². The van der Waals surface area contributed by atoms with Gasteiger partial charge >= 0.3 is 0 Å². The summed E-state index contributed by atoms with van der Waals surface area (Å²) < 4.78 is 5.61. The normalized spacial score (nSPS) is 10.5. The van der Waals surface area contributed by atoms with E-state index in [4.69, 9.17) is 27.9 Å². The van der Waals surface area contributed by atoms with E-state index in [1.807, 2.05) is 39.0 Å². The average molecular weight is 395 g/mol. The van der Waals surface area contributed by atoms with Gasteiger partial charge in [-0.25, -0.2) is 0 Å². The minimum Gasteiger partial charge on any atom is -0.483 e. The number of carbonyl (C=O) groups excluding carboxylic acids is 2.